The Morgan fingerprint density at radius 3 is 2.60 bits per heavy atom. The third kappa shape index (κ3) is 4.02. The van der Waals surface area contributed by atoms with Crippen LogP contribution in [0.4, 0.5) is 21.7 Å². The van der Waals surface area contributed by atoms with Gasteiger partial charge in [0.1, 0.15) is 17.9 Å². The van der Waals surface area contributed by atoms with Crippen LogP contribution in [0.25, 0.3) is 10.9 Å². The second-order valence-corrected chi connectivity index (χ2v) is 12.3. The molecule has 10 heteroatoms. The van der Waals surface area contributed by atoms with Gasteiger partial charge in [-0.3, -0.25) is 4.90 Å². The Hall–Kier alpha value is -3.08. The van der Waals surface area contributed by atoms with E-state index in [0.717, 1.165) is 63.1 Å². The molecule has 0 radical (unpaired) electrons. The zero-order valence-corrected chi connectivity index (χ0v) is 22.7. The molecule has 1 aromatic carbocycles. The molecule has 2 aromatic heterocycles. The third-order valence-electron chi connectivity index (χ3n) is 9.81. The number of nitrogens with zero attached hydrogens (tertiary/aromatic N) is 6. The summed E-state index contributed by atoms with van der Waals surface area (Å²) in [6.07, 6.45) is 8.51. The molecule has 0 aliphatic carbocycles. The summed E-state index contributed by atoms with van der Waals surface area (Å²) in [7, 11) is 0. The van der Waals surface area contributed by atoms with Crippen LogP contribution in [0.2, 0.25) is 0 Å². The Morgan fingerprint density at radius 1 is 1.02 bits per heavy atom. The number of pyridine rings is 1. The minimum atomic E-state index is -0.608. The molecule has 2 N–H and O–H groups in total. The molecule has 7 heterocycles. The molecular formula is C30H36FN7O2. The Morgan fingerprint density at radius 2 is 1.80 bits per heavy atom. The first-order valence-electron chi connectivity index (χ1n) is 14.8. The lowest BCUT2D eigenvalue weighted by atomic mass is 9.95. The van der Waals surface area contributed by atoms with E-state index in [-0.39, 0.29) is 29.4 Å². The van der Waals surface area contributed by atoms with E-state index < -0.39 is 11.9 Å². The molecule has 210 valence electrons. The Labute approximate surface area is 233 Å². The highest BCUT2D eigenvalue weighted by Gasteiger charge is 2.45. The number of benzene rings is 1. The third-order valence-corrected chi connectivity index (χ3v) is 9.81. The molecule has 5 aliphatic heterocycles. The number of halogens is 1. The molecule has 4 fully saturated rings. The second-order valence-electron chi connectivity index (χ2n) is 12.3. The molecule has 2 bridgehead atoms. The van der Waals surface area contributed by atoms with Gasteiger partial charge in [0.15, 0.2) is 11.6 Å². The maximum atomic E-state index is 16.6. The first kappa shape index (κ1) is 24.7. The van der Waals surface area contributed by atoms with Crippen molar-refractivity contribution in [3.8, 4) is 6.01 Å². The van der Waals surface area contributed by atoms with Gasteiger partial charge in [0.25, 0.3) is 0 Å². The van der Waals surface area contributed by atoms with E-state index in [9.17, 15) is 5.11 Å². The normalized spacial score (nSPS) is 27.3. The molecule has 9 nitrogen and oxygen atoms in total. The predicted molar refractivity (Wildman–Crippen MR) is 151 cm³/mol. The highest BCUT2D eigenvalue weighted by atomic mass is 19.1. The SMILES string of the molecule is OC1Cc2ccccc2N(c2ncc3c(N4CC5CCC(C4)N5)nc(OCC45CCCN4CCC5)nc3c2F)C1. The Bertz CT molecular complexity index is 1430. The number of para-hydroxylation sites is 1. The summed E-state index contributed by atoms with van der Waals surface area (Å²) >= 11 is 0. The first-order chi connectivity index (χ1) is 19.6. The van der Waals surface area contributed by atoms with E-state index in [1.807, 2.05) is 24.3 Å². The van der Waals surface area contributed by atoms with Crippen LogP contribution >= 0.6 is 0 Å². The summed E-state index contributed by atoms with van der Waals surface area (Å²) in [6.45, 7) is 4.65. The van der Waals surface area contributed by atoms with Gasteiger partial charge in [-0.05, 0) is 63.2 Å². The van der Waals surface area contributed by atoms with Crippen LogP contribution in [-0.2, 0) is 6.42 Å². The van der Waals surface area contributed by atoms with Crippen LogP contribution in [0.15, 0.2) is 30.5 Å². The largest absolute Gasteiger partial charge is 0.461 e. The summed E-state index contributed by atoms with van der Waals surface area (Å²) in [4.78, 5) is 20.8. The lowest BCUT2D eigenvalue weighted by molar-refractivity contribution is 0.108. The molecule has 5 aliphatic rings. The van der Waals surface area contributed by atoms with Crippen LogP contribution < -0.4 is 19.9 Å². The minimum Gasteiger partial charge on any atom is -0.461 e. The number of aromatic nitrogens is 3. The van der Waals surface area contributed by atoms with Crippen molar-refractivity contribution in [2.24, 2.45) is 0 Å². The maximum Gasteiger partial charge on any atom is 0.319 e. The molecule has 3 atom stereocenters. The molecule has 3 aromatic rings. The zero-order valence-electron chi connectivity index (χ0n) is 22.7. The number of ether oxygens (including phenoxy) is 1. The van der Waals surface area contributed by atoms with Gasteiger partial charge in [-0.2, -0.15) is 9.97 Å². The van der Waals surface area contributed by atoms with Crippen molar-refractivity contribution in [3.63, 3.8) is 0 Å². The standard InChI is InChI=1S/C30H36FN7O2/c31-25-26-23(14-32-28(25)38-17-22(39)13-19-5-1-2-6-24(19)38)27(36-15-20-7-8-21(16-36)33-20)35-29(34-26)40-18-30-9-3-11-37(30)12-4-10-30/h1-2,5-6,14,20-22,33,39H,3-4,7-13,15-18H2. The quantitative estimate of drug-likeness (QED) is 0.502. The van der Waals surface area contributed by atoms with Gasteiger partial charge in [-0.15, -0.1) is 0 Å². The van der Waals surface area contributed by atoms with Crippen LogP contribution in [0.5, 0.6) is 6.01 Å². The number of nitrogens with one attached hydrogen (secondary N) is 1. The highest BCUT2D eigenvalue weighted by Crippen LogP contribution is 2.41. The van der Waals surface area contributed by atoms with Crippen LogP contribution in [0, 0.1) is 5.82 Å². The lowest BCUT2D eigenvalue weighted by Crippen LogP contribution is -2.51. The number of rotatable bonds is 5. The number of aliphatic hydroxyl groups is 1. The summed E-state index contributed by atoms with van der Waals surface area (Å²) in [5, 5.41) is 14.9. The van der Waals surface area contributed by atoms with Gasteiger partial charge in [0, 0.05) is 43.5 Å². The maximum absolute atomic E-state index is 16.6. The van der Waals surface area contributed by atoms with Crippen molar-refractivity contribution in [1.82, 2.24) is 25.2 Å². The van der Waals surface area contributed by atoms with Crippen LogP contribution in [0.3, 0.4) is 0 Å². The average Bonchev–Trinajstić information content (AvgIpc) is 3.65. The molecule has 40 heavy (non-hydrogen) atoms. The first-order valence-corrected chi connectivity index (χ1v) is 14.8. The molecule has 3 unspecified atom stereocenters. The minimum absolute atomic E-state index is 0.0439. The number of β-amino-alcohol motifs (C(OH)–C–C–N with tert-alkyl or cyclic N) is 1. The molecule has 0 amide bonds. The molecular weight excluding hydrogens is 509 g/mol. The zero-order chi connectivity index (χ0) is 26.8. The average molecular weight is 546 g/mol. The van der Waals surface area contributed by atoms with E-state index >= 15 is 4.39 Å². The van der Waals surface area contributed by atoms with E-state index in [4.69, 9.17) is 9.72 Å². The van der Waals surface area contributed by atoms with Gasteiger partial charge in [0.2, 0.25) is 0 Å². The molecule has 4 saturated heterocycles. The van der Waals surface area contributed by atoms with Gasteiger partial charge in [-0.25, -0.2) is 9.37 Å². The number of anilines is 3. The van der Waals surface area contributed by atoms with E-state index in [2.05, 4.69) is 25.1 Å². The van der Waals surface area contributed by atoms with Crippen molar-refractivity contribution >= 4 is 28.2 Å². The number of fused-ring (bicyclic) bond motifs is 5. The fourth-order valence-electron chi connectivity index (χ4n) is 7.91. The van der Waals surface area contributed by atoms with E-state index in [1.165, 1.54) is 12.8 Å². The fourth-order valence-corrected chi connectivity index (χ4v) is 7.91. The number of aliphatic hydroxyl groups excluding tert-OH is 1. The fraction of sp³-hybridized carbons (Fsp3) is 0.567. The molecule has 0 saturated carbocycles. The number of piperazine rings is 1. The van der Waals surface area contributed by atoms with Crippen molar-refractivity contribution < 1.29 is 14.2 Å². The van der Waals surface area contributed by atoms with E-state index in [1.54, 1.807) is 11.1 Å². The van der Waals surface area contributed by atoms with Crippen molar-refractivity contribution in [2.75, 3.05) is 49.1 Å². The summed E-state index contributed by atoms with van der Waals surface area (Å²) in [5.41, 5.74) is 2.11. The van der Waals surface area contributed by atoms with Gasteiger partial charge in [0.05, 0.1) is 23.6 Å². The topological polar surface area (TPSA) is 89.9 Å². The Balaban J connectivity index is 1.21. The van der Waals surface area contributed by atoms with E-state index in [0.29, 0.717) is 36.3 Å². The summed E-state index contributed by atoms with van der Waals surface area (Å²) < 4.78 is 22.9. The Kier molecular flexibility index (Phi) is 5.86. The predicted octanol–water partition coefficient (Wildman–Crippen LogP) is 3.17. The summed E-state index contributed by atoms with van der Waals surface area (Å²) in [6, 6.07) is 8.85. The number of hydrogen-bond acceptors (Lipinski definition) is 9. The highest BCUT2D eigenvalue weighted by molar-refractivity contribution is 5.92. The molecule has 8 rings (SSSR count). The van der Waals surface area contributed by atoms with Gasteiger partial charge < -0.3 is 25.0 Å². The monoisotopic (exact) mass is 545 g/mol. The van der Waals surface area contributed by atoms with Gasteiger partial charge >= 0.3 is 6.01 Å². The second kappa shape index (κ2) is 9.49. The van der Waals surface area contributed by atoms with Crippen molar-refractivity contribution in [2.45, 2.75) is 68.7 Å². The number of hydrogen-bond donors (Lipinski definition) is 2. The van der Waals surface area contributed by atoms with Crippen LogP contribution in [0.1, 0.15) is 44.1 Å². The van der Waals surface area contributed by atoms with Crippen molar-refractivity contribution in [3.05, 3.63) is 41.8 Å². The van der Waals surface area contributed by atoms with Crippen LogP contribution in [-0.4, -0.2) is 88.0 Å². The smallest absolute Gasteiger partial charge is 0.319 e. The molecule has 0 spiro atoms. The summed E-state index contributed by atoms with van der Waals surface area (Å²) in [5.74, 6) is 0.364. The lowest BCUT2D eigenvalue weighted by Gasteiger charge is -2.35. The van der Waals surface area contributed by atoms with Crippen molar-refractivity contribution in [1.29, 1.82) is 0 Å². The van der Waals surface area contributed by atoms with Gasteiger partial charge in [-0.1, -0.05) is 18.2 Å².